The van der Waals surface area contributed by atoms with E-state index in [4.69, 9.17) is 4.42 Å². The minimum atomic E-state index is -0.663. The van der Waals surface area contributed by atoms with Crippen molar-refractivity contribution in [2.75, 3.05) is 5.43 Å². The van der Waals surface area contributed by atoms with Gasteiger partial charge >= 0.3 is 0 Å². The normalized spacial score (nSPS) is 15.9. The maximum Gasteiger partial charge on any atom is 0.290 e. The second-order valence-electron chi connectivity index (χ2n) is 6.98. The smallest absolute Gasteiger partial charge is 0.290 e. The van der Waals surface area contributed by atoms with Crippen molar-refractivity contribution >= 4 is 22.8 Å². The van der Waals surface area contributed by atoms with Crippen LogP contribution in [0.25, 0.3) is 11.0 Å². The predicted octanol–water partition coefficient (Wildman–Crippen LogP) is 2.97. The Hall–Kier alpha value is -3.87. The molecule has 3 heterocycles. The van der Waals surface area contributed by atoms with E-state index in [9.17, 15) is 9.59 Å². The molecule has 0 saturated carbocycles. The molecule has 1 unspecified atom stereocenters. The van der Waals surface area contributed by atoms with Gasteiger partial charge in [-0.25, -0.2) is 9.66 Å². The highest BCUT2D eigenvalue weighted by molar-refractivity contribution is 5.98. The number of benzene rings is 2. The Morgan fingerprint density at radius 3 is 2.62 bits per heavy atom. The van der Waals surface area contributed by atoms with Gasteiger partial charge < -0.3 is 9.32 Å². The van der Waals surface area contributed by atoms with Gasteiger partial charge in [0.05, 0.1) is 17.3 Å². The van der Waals surface area contributed by atoms with Gasteiger partial charge in [0.2, 0.25) is 0 Å². The number of aromatic nitrogens is 2. The first-order valence-corrected chi connectivity index (χ1v) is 9.35. The molecular weight excluding hydrogens is 368 g/mol. The summed E-state index contributed by atoms with van der Waals surface area (Å²) in [4.78, 5) is 32.1. The Labute approximate surface area is 166 Å². The van der Waals surface area contributed by atoms with Gasteiger partial charge in [-0.05, 0) is 35.4 Å². The number of carbonyl (C=O) groups excluding carboxylic acids is 2. The van der Waals surface area contributed by atoms with Crippen LogP contribution in [0.5, 0.6) is 0 Å². The van der Waals surface area contributed by atoms with Gasteiger partial charge in [-0.3, -0.25) is 15.0 Å². The molecule has 0 spiro atoms. The fraction of sp³-hybridized carbons (Fsp3) is 0.136. The molecule has 1 atom stereocenters. The maximum atomic E-state index is 13.2. The molecule has 2 aromatic heterocycles. The standard InChI is InChI=1S/C22H18N4O3/c27-21(24-26-14-23-17-8-3-4-9-18(17)26)19-12-15-6-1-2-7-16(15)13-25(19)22(28)20-10-5-11-29-20/h1-11,14,19H,12-13H2,(H,24,27). The van der Waals surface area contributed by atoms with Crippen LogP contribution in [0.1, 0.15) is 21.7 Å². The molecule has 29 heavy (non-hydrogen) atoms. The fourth-order valence-corrected chi connectivity index (χ4v) is 3.75. The van der Waals surface area contributed by atoms with E-state index in [0.717, 1.165) is 22.2 Å². The van der Waals surface area contributed by atoms with E-state index < -0.39 is 6.04 Å². The number of imidazole rings is 1. The van der Waals surface area contributed by atoms with E-state index in [1.807, 2.05) is 48.5 Å². The highest BCUT2D eigenvalue weighted by Gasteiger charge is 2.36. The Morgan fingerprint density at radius 2 is 1.79 bits per heavy atom. The lowest BCUT2D eigenvalue weighted by molar-refractivity contribution is -0.122. The zero-order chi connectivity index (χ0) is 19.8. The van der Waals surface area contributed by atoms with Gasteiger partial charge in [-0.2, -0.15) is 0 Å². The van der Waals surface area contributed by atoms with Crippen molar-refractivity contribution in [1.29, 1.82) is 0 Å². The summed E-state index contributed by atoms with van der Waals surface area (Å²) in [6.45, 7) is 0.346. The quantitative estimate of drug-likeness (QED) is 0.587. The van der Waals surface area contributed by atoms with Crippen molar-refractivity contribution in [3.05, 3.63) is 90.1 Å². The van der Waals surface area contributed by atoms with Crippen LogP contribution in [0.2, 0.25) is 0 Å². The van der Waals surface area contributed by atoms with E-state index in [2.05, 4.69) is 10.4 Å². The van der Waals surface area contributed by atoms with Crippen molar-refractivity contribution in [1.82, 2.24) is 14.6 Å². The summed E-state index contributed by atoms with van der Waals surface area (Å²) in [7, 11) is 0. The van der Waals surface area contributed by atoms with Crippen molar-refractivity contribution in [3.63, 3.8) is 0 Å². The Balaban J connectivity index is 1.48. The second-order valence-corrected chi connectivity index (χ2v) is 6.98. The van der Waals surface area contributed by atoms with Crippen LogP contribution in [0.15, 0.2) is 77.7 Å². The minimum Gasteiger partial charge on any atom is -0.459 e. The molecule has 0 bridgehead atoms. The van der Waals surface area contributed by atoms with Crippen LogP contribution in [0, 0.1) is 0 Å². The summed E-state index contributed by atoms with van der Waals surface area (Å²) >= 11 is 0. The molecule has 2 amide bonds. The third-order valence-electron chi connectivity index (χ3n) is 5.23. The van der Waals surface area contributed by atoms with E-state index in [0.29, 0.717) is 13.0 Å². The number of furan rings is 1. The van der Waals surface area contributed by atoms with Crippen LogP contribution in [0.4, 0.5) is 0 Å². The molecular formula is C22H18N4O3. The molecule has 0 fully saturated rings. The number of nitrogens with one attached hydrogen (secondary N) is 1. The first-order chi connectivity index (χ1) is 14.2. The maximum absolute atomic E-state index is 13.2. The van der Waals surface area contributed by atoms with E-state index in [-0.39, 0.29) is 17.6 Å². The Bertz CT molecular complexity index is 1200. The van der Waals surface area contributed by atoms with Crippen LogP contribution in [-0.2, 0) is 17.8 Å². The Kier molecular flexibility index (Phi) is 4.13. The molecule has 144 valence electrons. The molecule has 0 saturated heterocycles. The Morgan fingerprint density at radius 1 is 1.00 bits per heavy atom. The minimum absolute atomic E-state index is 0.218. The van der Waals surface area contributed by atoms with E-state index in [1.165, 1.54) is 6.26 Å². The molecule has 2 aromatic carbocycles. The number of fused-ring (bicyclic) bond motifs is 2. The van der Waals surface area contributed by atoms with Crippen molar-refractivity contribution in [2.24, 2.45) is 0 Å². The number of nitrogens with zero attached hydrogens (tertiary/aromatic N) is 3. The molecule has 4 aromatic rings. The molecule has 1 aliphatic rings. The zero-order valence-corrected chi connectivity index (χ0v) is 15.5. The lowest BCUT2D eigenvalue weighted by atomic mass is 9.93. The third-order valence-corrected chi connectivity index (χ3v) is 5.23. The van der Waals surface area contributed by atoms with Gasteiger partial charge in [-0.15, -0.1) is 0 Å². The summed E-state index contributed by atoms with van der Waals surface area (Å²) in [5, 5.41) is 0. The lowest BCUT2D eigenvalue weighted by Gasteiger charge is -2.35. The highest BCUT2D eigenvalue weighted by atomic mass is 16.3. The zero-order valence-electron chi connectivity index (χ0n) is 15.5. The van der Waals surface area contributed by atoms with E-state index >= 15 is 0 Å². The van der Waals surface area contributed by atoms with Gasteiger partial charge in [0.15, 0.2) is 5.76 Å². The largest absolute Gasteiger partial charge is 0.459 e. The molecule has 0 aliphatic carbocycles. The fourth-order valence-electron chi connectivity index (χ4n) is 3.75. The number of carbonyl (C=O) groups is 2. The van der Waals surface area contributed by atoms with Gasteiger partial charge in [0, 0.05) is 13.0 Å². The molecule has 0 radical (unpaired) electrons. The number of rotatable bonds is 3. The number of para-hydroxylation sites is 2. The summed E-state index contributed by atoms with van der Waals surface area (Å²) in [6, 6.07) is 18.0. The van der Waals surface area contributed by atoms with Crippen LogP contribution < -0.4 is 5.43 Å². The van der Waals surface area contributed by atoms with E-state index in [1.54, 1.807) is 28.0 Å². The average Bonchev–Trinajstić information content (AvgIpc) is 3.43. The van der Waals surface area contributed by atoms with Crippen molar-refractivity contribution in [2.45, 2.75) is 19.0 Å². The van der Waals surface area contributed by atoms with Crippen LogP contribution in [0.3, 0.4) is 0 Å². The van der Waals surface area contributed by atoms with Crippen LogP contribution >= 0.6 is 0 Å². The van der Waals surface area contributed by atoms with Gasteiger partial charge in [0.25, 0.3) is 11.8 Å². The van der Waals surface area contributed by atoms with Crippen molar-refractivity contribution < 1.29 is 14.0 Å². The van der Waals surface area contributed by atoms with Crippen molar-refractivity contribution in [3.8, 4) is 0 Å². The summed E-state index contributed by atoms with van der Waals surface area (Å²) in [6.07, 6.45) is 3.46. The predicted molar refractivity (Wildman–Crippen MR) is 107 cm³/mol. The molecule has 1 aliphatic heterocycles. The molecule has 7 nitrogen and oxygen atoms in total. The van der Waals surface area contributed by atoms with Crippen LogP contribution in [-0.4, -0.2) is 32.4 Å². The number of amides is 2. The molecule has 1 N–H and O–H groups in total. The first kappa shape index (κ1) is 17.2. The van der Waals surface area contributed by atoms with Gasteiger partial charge in [0.1, 0.15) is 12.4 Å². The topological polar surface area (TPSA) is 80.4 Å². The second kappa shape index (κ2) is 6.94. The summed E-state index contributed by atoms with van der Waals surface area (Å²) < 4.78 is 6.88. The third kappa shape index (κ3) is 3.06. The molecule has 7 heteroatoms. The number of hydrogen-bond acceptors (Lipinski definition) is 4. The monoisotopic (exact) mass is 386 g/mol. The van der Waals surface area contributed by atoms with Gasteiger partial charge in [-0.1, -0.05) is 36.4 Å². The SMILES string of the molecule is O=C(Nn1cnc2ccccc21)C1Cc2ccccc2CN1C(=O)c1ccco1. The summed E-state index contributed by atoms with van der Waals surface area (Å²) in [5.74, 6) is -0.363. The summed E-state index contributed by atoms with van der Waals surface area (Å²) in [5.41, 5.74) is 6.56. The first-order valence-electron chi connectivity index (χ1n) is 9.35. The highest BCUT2D eigenvalue weighted by Crippen LogP contribution is 2.25. The molecule has 5 rings (SSSR count). The number of hydrogen-bond donors (Lipinski definition) is 1. The lowest BCUT2D eigenvalue weighted by Crippen LogP contribution is -2.51. The average molecular weight is 386 g/mol.